The van der Waals surface area contributed by atoms with E-state index in [1.807, 2.05) is 12.1 Å². The molecule has 0 aromatic heterocycles. The molecule has 2 atom stereocenters. The highest BCUT2D eigenvalue weighted by atomic mass is 32.2. The van der Waals surface area contributed by atoms with Gasteiger partial charge in [-0.3, -0.25) is 10.1 Å². The van der Waals surface area contributed by atoms with E-state index in [-0.39, 0.29) is 10.6 Å². The Kier molecular flexibility index (Phi) is 5.86. The first kappa shape index (κ1) is 15.3. The van der Waals surface area contributed by atoms with Gasteiger partial charge in [0, 0.05) is 23.4 Å². The van der Waals surface area contributed by atoms with Crippen molar-refractivity contribution in [2.45, 2.75) is 43.9 Å². The van der Waals surface area contributed by atoms with E-state index in [2.05, 4.69) is 24.0 Å². The summed E-state index contributed by atoms with van der Waals surface area (Å²) in [7, 11) is 0. The van der Waals surface area contributed by atoms with Gasteiger partial charge >= 0.3 is 0 Å². The van der Waals surface area contributed by atoms with E-state index in [4.69, 9.17) is 0 Å². The number of rotatable bonds is 7. The summed E-state index contributed by atoms with van der Waals surface area (Å²) < 4.78 is 0. The van der Waals surface area contributed by atoms with Gasteiger partial charge in [0.15, 0.2) is 0 Å². The summed E-state index contributed by atoms with van der Waals surface area (Å²) in [6.45, 7) is 3.17. The lowest BCUT2D eigenvalue weighted by Crippen LogP contribution is -2.28. The van der Waals surface area contributed by atoms with Crippen LogP contribution in [0, 0.1) is 10.1 Å². The van der Waals surface area contributed by atoms with Crippen LogP contribution in [0.4, 0.5) is 5.69 Å². The second-order valence-electron chi connectivity index (χ2n) is 5.22. The number of nitro benzene ring substituents is 1. The van der Waals surface area contributed by atoms with Gasteiger partial charge in [-0.05, 0) is 43.5 Å². The van der Waals surface area contributed by atoms with Crippen LogP contribution in [0.1, 0.15) is 31.7 Å². The number of hydrogen-bond acceptors (Lipinski definition) is 4. The fourth-order valence-corrected chi connectivity index (χ4v) is 3.86. The van der Waals surface area contributed by atoms with Crippen LogP contribution in [0.15, 0.2) is 24.3 Å². The Morgan fingerprint density at radius 3 is 2.75 bits per heavy atom. The maximum atomic E-state index is 10.6. The maximum absolute atomic E-state index is 10.6. The Morgan fingerprint density at radius 1 is 1.35 bits per heavy atom. The van der Waals surface area contributed by atoms with Gasteiger partial charge in [-0.15, -0.1) is 0 Å². The average Bonchev–Trinajstić information content (AvgIpc) is 2.87. The number of benzene rings is 1. The van der Waals surface area contributed by atoms with Gasteiger partial charge in [0.25, 0.3) is 5.69 Å². The van der Waals surface area contributed by atoms with E-state index in [0.29, 0.717) is 6.04 Å². The lowest BCUT2D eigenvalue weighted by atomic mass is 10.1. The summed E-state index contributed by atoms with van der Waals surface area (Å²) in [5, 5.41) is 15.0. The molecule has 5 heteroatoms. The molecule has 0 aliphatic heterocycles. The molecule has 20 heavy (non-hydrogen) atoms. The molecular formula is C15H22N2O2S. The van der Waals surface area contributed by atoms with E-state index in [1.165, 1.54) is 25.0 Å². The lowest BCUT2D eigenvalue weighted by Gasteiger charge is -2.13. The minimum absolute atomic E-state index is 0.164. The molecule has 1 aromatic carbocycles. The molecule has 1 fully saturated rings. The van der Waals surface area contributed by atoms with Crippen molar-refractivity contribution in [3.05, 3.63) is 39.9 Å². The molecule has 0 bridgehead atoms. The summed E-state index contributed by atoms with van der Waals surface area (Å²) in [5.74, 6) is 1.21. The molecule has 0 radical (unpaired) electrons. The summed E-state index contributed by atoms with van der Waals surface area (Å²) >= 11 is 2.07. The van der Waals surface area contributed by atoms with Crippen LogP contribution in [0.2, 0.25) is 0 Å². The van der Waals surface area contributed by atoms with Crippen molar-refractivity contribution in [2.75, 3.05) is 12.3 Å². The Bertz CT molecular complexity index is 436. The highest BCUT2D eigenvalue weighted by Gasteiger charge is 2.23. The first-order chi connectivity index (χ1) is 9.69. The standard InChI is InChI=1S/C15H22N2O2S/c1-2-20-15-8-5-13(11-15)16-10-9-12-3-6-14(7-4-12)17(18)19/h3-4,6-7,13,15-16H,2,5,8-11H2,1H3. The number of hydrogen-bond donors (Lipinski definition) is 1. The zero-order chi connectivity index (χ0) is 14.4. The Hall–Kier alpha value is -1.07. The second kappa shape index (κ2) is 7.64. The molecule has 1 aromatic rings. The number of nitrogens with one attached hydrogen (secondary N) is 1. The van der Waals surface area contributed by atoms with Crippen molar-refractivity contribution in [3.8, 4) is 0 Å². The zero-order valence-corrected chi connectivity index (χ0v) is 12.7. The largest absolute Gasteiger partial charge is 0.314 e. The fourth-order valence-electron chi connectivity index (χ4n) is 2.72. The molecule has 1 aliphatic rings. The van der Waals surface area contributed by atoms with Gasteiger partial charge in [0.1, 0.15) is 0 Å². The van der Waals surface area contributed by atoms with Crippen LogP contribution >= 0.6 is 11.8 Å². The number of nitro groups is 1. The van der Waals surface area contributed by atoms with Gasteiger partial charge in [0.05, 0.1) is 4.92 Å². The molecule has 2 unspecified atom stereocenters. The third kappa shape index (κ3) is 4.49. The van der Waals surface area contributed by atoms with Gasteiger partial charge < -0.3 is 5.32 Å². The van der Waals surface area contributed by atoms with Gasteiger partial charge in [-0.25, -0.2) is 0 Å². The highest BCUT2D eigenvalue weighted by Crippen LogP contribution is 2.29. The maximum Gasteiger partial charge on any atom is 0.269 e. The van der Waals surface area contributed by atoms with Crippen molar-refractivity contribution >= 4 is 17.4 Å². The van der Waals surface area contributed by atoms with Crippen molar-refractivity contribution in [1.29, 1.82) is 0 Å². The monoisotopic (exact) mass is 294 g/mol. The first-order valence-corrected chi connectivity index (χ1v) is 8.32. The molecule has 1 aliphatic carbocycles. The number of nitrogens with zero attached hydrogens (tertiary/aromatic N) is 1. The minimum atomic E-state index is -0.355. The SMILES string of the molecule is CCSC1CCC(NCCc2ccc([N+](=O)[O-])cc2)C1. The lowest BCUT2D eigenvalue weighted by molar-refractivity contribution is -0.384. The quantitative estimate of drug-likeness (QED) is 0.618. The van der Waals surface area contributed by atoms with E-state index in [1.54, 1.807) is 12.1 Å². The predicted octanol–water partition coefficient (Wildman–Crippen LogP) is 3.40. The van der Waals surface area contributed by atoms with Crippen LogP contribution in [0.5, 0.6) is 0 Å². The van der Waals surface area contributed by atoms with Crippen molar-refractivity contribution in [3.63, 3.8) is 0 Å². The third-order valence-corrected chi connectivity index (χ3v) is 5.01. The molecule has 1 saturated carbocycles. The highest BCUT2D eigenvalue weighted by molar-refractivity contribution is 7.99. The van der Waals surface area contributed by atoms with E-state index >= 15 is 0 Å². The number of thioether (sulfide) groups is 1. The van der Waals surface area contributed by atoms with Crippen molar-refractivity contribution < 1.29 is 4.92 Å². The van der Waals surface area contributed by atoms with Gasteiger partial charge in [0.2, 0.25) is 0 Å². The zero-order valence-electron chi connectivity index (χ0n) is 11.9. The van der Waals surface area contributed by atoms with Gasteiger partial charge in [-0.1, -0.05) is 19.1 Å². The van der Waals surface area contributed by atoms with Gasteiger partial charge in [-0.2, -0.15) is 11.8 Å². The molecular weight excluding hydrogens is 272 g/mol. The van der Waals surface area contributed by atoms with Crippen LogP contribution in [0.3, 0.4) is 0 Å². The normalized spacial score (nSPS) is 22.1. The smallest absolute Gasteiger partial charge is 0.269 e. The summed E-state index contributed by atoms with van der Waals surface area (Å²) in [4.78, 5) is 10.2. The molecule has 4 nitrogen and oxygen atoms in total. The predicted molar refractivity (Wildman–Crippen MR) is 84.4 cm³/mol. The molecule has 0 saturated heterocycles. The van der Waals surface area contributed by atoms with Crippen molar-refractivity contribution in [1.82, 2.24) is 5.32 Å². The summed E-state index contributed by atoms with van der Waals surface area (Å²) in [5.41, 5.74) is 1.32. The second-order valence-corrected chi connectivity index (χ2v) is 6.79. The average molecular weight is 294 g/mol. The Labute approximate surface area is 124 Å². The fraction of sp³-hybridized carbons (Fsp3) is 0.600. The topological polar surface area (TPSA) is 55.2 Å². The number of non-ortho nitro benzene ring substituents is 1. The molecule has 0 heterocycles. The minimum Gasteiger partial charge on any atom is -0.314 e. The van der Waals surface area contributed by atoms with E-state index < -0.39 is 0 Å². The van der Waals surface area contributed by atoms with Crippen LogP contribution in [-0.2, 0) is 6.42 Å². The summed E-state index contributed by atoms with van der Waals surface area (Å²) in [6.07, 6.45) is 4.81. The Balaban J connectivity index is 1.69. The first-order valence-electron chi connectivity index (χ1n) is 7.27. The summed E-state index contributed by atoms with van der Waals surface area (Å²) in [6, 6.07) is 7.52. The molecule has 110 valence electrons. The molecule has 2 rings (SSSR count). The molecule has 0 amide bonds. The van der Waals surface area contributed by atoms with E-state index in [0.717, 1.165) is 23.8 Å². The molecule has 0 spiro atoms. The van der Waals surface area contributed by atoms with Crippen LogP contribution in [0.25, 0.3) is 0 Å². The van der Waals surface area contributed by atoms with Crippen molar-refractivity contribution in [2.24, 2.45) is 0 Å². The third-order valence-electron chi connectivity index (χ3n) is 3.78. The van der Waals surface area contributed by atoms with Crippen LogP contribution < -0.4 is 5.32 Å². The molecule has 1 N–H and O–H groups in total. The van der Waals surface area contributed by atoms with Crippen LogP contribution in [-0.4, -0.2) is 28.5 Å². The Morgan fingerprint density at radius 2 is 2.10 bits per heavy atom. The van der Waals surface area contributed by atoms with E-state index in [9.17, 15) is 10.1 Å².